The fourth-order valence-corrected chi connectivity index (χ4v) is 4.80. The monoisotopic (exact) mass is 454 g/mol. The van der Waals surface area contributed by atoms with E-state index >= 15 is 0 Å². The molecule has 2 aromatic heterocycles. The summed E-state index contributed by atoms with van der Waals surface area (Å²) in [6, 6.07) is 26.7. The van der Waals surface area contributed by atoms with Crippen LogP contribution in [-0.4, -0.2) is 21.3 Å². The Labute approximate surface area is 199 Å². The summed E-state index contributed by atoms with van der Waals surface area (Å²) >= 11 is 5.86. The van der Waals surface area contributed by atoms with Crippen molar-refractivity contribution in [3.8, 4) is 11.4 Å². The molecule has 1 aliphatic rings. The lowest BCUT2D eigenvalue weighted by molar-refractivity contribution is 0.340. The fraction of sp³-hybridized carbons (Fsp3) is 0.185. The molecule has 3 heterocycles. The maximum absolute atomic E-state index is 5.86. The van der Waals surface area contributed by atoms with Gasteiger partial charge in [0.15, 0.2) is 5.11 Å². The smallest absolute Gasteiger partial charge is 0.174 e. The van der Waals surface area contributed by atoms with E-state index in [1.165, 1.54) is 5.56 Å². The maximum atomic E-state index is 5.86. The van der Waals surface area contributed by atoms with Crippen LogP contribution < -0.4 is 15.0 Å². The van der Waals surface area contributed by atoms with Crippen LogP contribution in [0.5, 0.6) is 5.75 Å². The molecule has 6 heteroatoms. The van der Waals surface area contributed by atoms with Crippen molar-refractivity contribution in [2.45, 2.75) is 25.9 Å². The molecular formula is C27H26N4OS. The van der Waals surface area contributed by atoms with Crippen molar-refractivity contribution in [3.63, 3.8) is 0 Å². The molecule has 1 aliphatic heterocycles. The van der Waals surface area contributed by atoms with Gasteiger partial charge >= 0.3 is 0 Å². The quantitative estimate of drug-likeness (QED) is 0.376. The number of aromatic nitrogens is 2. The van der Waals surface area contributed by atoms with E-state index in [2.05, 4.69) is 87.5 Å². The molecular weight excluding hydrogens is 428 g/mol. The van der Waals surface area contributed by atoms with Gasteiger partial charge in [-0.25, -0.2) is 0 Å². The van der Waals surface area contributed by atoms with Crippen LogP contribution in [0.15, 0.2) is 91.3 Å². The van der Waals surface area contributed by atoms with Crippen molar-refractivity contribution in [2.24, 2.45) is 0 Å². The Kier molecular flexibility index (Phi) is 5.84. The molecule has 1 N–H and O–H groups in total. The summed E-state index contributed by atoms with van der Waals surface area (Å²) in [5.41, 5.74) is 5.44. The molecule has 0 radical (unpaired) electrons. The molecule has 166 valence electrons. The third-order valence-electron chi connectivity index (χ3n) is 5.89. The molecule has 2 aromatic carbocycles. The molecule has 0 aliphatic carbocycles. The van der Waals surface area contributed by atoms with Crippen molar-refractivity contribution >= 4 is 23.0 Å². The van der Waals surface area contributed by atoms with Gasteiger partial charge in [-0.3, -0.25) is 4.98 Å². The summed E-state index contributed by atoms with van der Waals surface area (Å²) in [7, 11) is 0. The van der Waals surface area contributed by atoms with Crippen LogP contribution in [-0.2, 0) is 0 Å². The molecule has 2 atom stereocenters. The minimum Gasteiger partial charge on any atom is -0.494 e. The van der Waals surface area contributed by atoms with E-state index in [-0.39, 0.29) is 12.1 Å². The SMILES string of the molecule is CCOc1ccc(N2C(=S)N[C@H](c3ccccn3)[C@H]2c2cccn2-c2cccc(C)c2)cc1. The van der Waals surface area contributed by atoms with Gasteiger partial charge in [-0.2, -0.15) is 0 Å². The zero-order valence-corrected chi connectivity index (χ0v) is 19.5. The summed E-state index contributed by atoms with van der Waals surface area (Å²) in [4.78, 5) is 6.85. The van der Waals surface area contributed by atoms with Crippen molar-refractivity contribution in [1.82, 2.24) is 14.9 Å². The largest absolute Gasteiger partial charge is 0.494 e. The van der Waals surface area contributed by atoms with E-state index in [0.717, 1.165) is 28.5 Å². The lowest BCUT2D eigenvalue weighted by Crippen LogP contribution is -2.30. The zero-order valence-electron chi connectivity index (χ0n) is 18.7. The van der Waals surface area contributed by atoms with E-state index in [0.29, 0.717) is 11.7 Å². The van der Waals surface area contributed by atoms with Crippen LogP contribution in [0, 0.1) is 6.92 Å². The first-order valence-corrected chi connectivity index (χ1v) is 11.5. The van der Waals surface area contributed by atoms with Crippen LogP contribution in [0.1, 0.15) is 36.0 Å². The lowest BCUT2D eigenvalue weighted by Gasteiger charge is -2.29. The second-order valence-corrected chi connectivity index (χ2v) is 8.45. The first-order chi connectivity index (χ1) is 16.2. The third kappa shape index (κ3) is 4.10. The van der Waals surface area contributed by atoms with Gasteiger partial charge in [0.2, 0.25) is 0 Å². The molecule has 0 amide bonds. The van der Waals surface area contributed by atoms with Gasteiger partial charge in [-0.05, 0) is 92.3 Å². The van der Waals surface area contributed by atoms with Crippen LogP contribution in [0.25, 0.3) is 5.69 Å². The Morgan fingerprint density at radius 3 is 2.55 bits per heavy atom. The second kappa shape index (κ2) is 9.08. The van der Waals surface area contributed by atoms with Crippen LogP contribution in [0.2, 0.25) is 0 Å². The number of anilines is 1. The molecule has 0 unspecified atom stereocenters. The van der Waals surface area contributed by atoms with E-state index in [1.54, 1.807) is 0 Å². The second-order valence-electron chi connectivity index (χ2n) is 8.07. The van der Waals surface area contributed by atoms with Crippen LogP contribution in [0.4, 0.5) is 5.69 Å². The highest BCUT2D eigenvalue weighted by atomic mass is 32.1. The number of hydrogen-bond donors (Lipinski definition) is 1. The predicted octanol–water partition coefficient (Wildman–Crippen LogP) is 5.76. The highest BCUT2D eigenvalue weighted by Gasteiger charge is 2.42. The number of hydrogen-bond acceptors (Lipinski definition) is 3. The number of ether oxygens (including phenoxy) is 1. The number of nitrogens with one attached hydrogen (secondary N) is 1. The molecule has 4 aromatic rings. The van der Waals surface area contributed by atoms with Crippen molar-refractivity contribution < 1.29 is 4.74 Å². The summed E-state index contributed by atoms with van der Waals surface area (Å²) in [5.74, 6) is 0.847. The first kappa shape index (κ1) is 21.2. The van der Waals surface area contributed by atoms with E-state index < -0.39 is 0 Å². The van der Waals surface area contributed by atoms with Gasteiger partial charge in [0, 0.05) is 29.5 Å². The van der Waals surface area contributed by atoms with Gasteiger partial charge in [0.05, 0.1) is 18.3 Å². The Morgan fingerprint density at radius 1 is 0.970 bits per heavy atom. The minimum atomic E-state index is -0.0938. The Hall–Kier alpha value is -3.64. The normalized spacial score (nSPS) is 17.8. The van der Waals surface area contributed by atoms with Gasteiger partial charge in [0.1, 0.15) is 11.8 Å². The third-order valence-corrected chi connectivity index (χ3v) is 6.20. The summed E-state index contributed by atoms with van der Waals surface area (Å²) in [6.07, 6.45) is 3.94. The first-order valence-electron chi connectivity index (χ1n) is 11.1. The van der Waals surface area contributed by atoms with E-state index in [9.17, 15) is 0 Å². The number of aryl methyl sites for hydroxylation is 1. The molecule has 5 rings (SSSR count). The average Bonchev–Trinajstić information content (AvgIpc) is 3.45. The average molecular weight is 455 g/mol. The Morgan fingerprint density at radius 2 is 1.82 bits per heavy atom. The van der Waals surface area contributed by atoms with Gasteiger partial charge in [-0.1, -0.05) is 18.2 Å². The van der Waals surface area contributed by atoms with Crippen molar-refractivity contribution in [3.05, 3.63) is 108 Å². The van der Waals surface area contributed by atoms with Gasteiger partial charge in [0.25, 0.3) is 0 Å². The van der Waals surface area contributed by atoms with Crippen LogP contribution >= 0.6 is 12.2 Å². The summed E-state index contributed by atoms with van der Waals surface area (Å²) < 4.78 is 7.89. The summed E-state index contributed by atoms with van der Waals surface area (Å²) in [6.45, 7) is 4.74. The highest BCUT2D eigenvalue weighted by Crippen LogP contribution is 2.42. The molecule has 0 bridgehead atoms. The molecule has 5 nitrogen and oxygen atoms in total. The Balaban J connectivity index is 1.63. The topological polar surface area (TPSA) is 42.3 Å². The fourth-order valence-electron chi connectivity index (χ4n) is 4.45. The number of pyridine rings is 1. The highest BCUT2D eigenvalue weighted by molar-refractivity contribution is 7.80. The molecule has 1 saturated heterocycles. The zero-order chi connectivity index (χ0) is 22.8. The number of benzene rings is 2. The van der Waals surface area contributed by atoms with Crippen molar-refractivity contribution in [2.75, 3.05) is 11.5 Å². The molecule has 33 heavy (non-hydrogen) atoms. The van der Waals surface area contributed by atoms with Crippen molar-refractivity contribution in [1.29, 1.82) is 0 Å². The summed E-state index contributed by atoms with van der Waals surface area (Å²) in [5, 5.41) is 4.21. The standard InChI is InChI=1S/C27H26N4OS/c1-3-32-22-14-12-20(13-15-22)31-26(25(29-27(31)33)23-10-4-5-16-28-23)24-11-7-17-30(24)21-9-6-8-19(2)18-21/h4-18,25-26H,3H2,1-2H3,(H,29,33)/t25-,26-/m1/s1. The molecule has 1 fully saturated rings. The number of thiocarbonyl (C=S) groups is 1. The lowest BCUT2D eigenvalue weighted by atomic mass is 10.0. The minimum absolute atomic E-state index is 0.0825. The van der Waals surface area contributed by atoms with Crippen LogP contribution in [0.3, 0.4) is 0 Å². The van der Waals surface area contributed by atoms with E-state index in [1.807, 2.05) is 37.4 Å². The van der Waals surface area contributed by atoms with Gasteiger partial charge < -0.3 is 19.5 Å². The van der Waals surface area contributed by atoms with E-state index in [4.69, 9.17) is 17.0 Å². The van der Waals surface area contributed by atoms with Gasteiger partial charge in [-0.15, -0.1) is 0 Å². The Bertz CT molecular complexity index is 1250. The number of nitrogens with zero attached hydrogens (tertiary/aromatic N) is 3. The molecule has 0 saturated carbocycles. The predicted molar refractivity (Wildman–Crippen MR) is 136 cm³/mol. The molecule has 0 spiro atoms. The number of rotatable bonds is 6. The maximum Gasteiger partial charge on any atom is 0.174 e.